The summed E-state index contributed by atoms with van der Waals surface area (Å²) in [5.41, 5.74) is -0.468. The number of nitro groups is 1. The number of carbonyl (C=O) groups is 3. The van der Waals surface area contributed by atoms with Crippen LogP contribution in [0.4, 0.5) is 11.4 Å². The summed E-state index contributed by atoms with van der Waals surface area (Å²) in [6.07, 6.45) is 0. The molecule has 0 aliphatic rings. The number of nitro benzene ring substituents is 1. The van der Waals surface area contributed by atoms with Crippen LogP contribution in [0, 0.1) is 10.1 Å². The predicted molar refractivity (Wildman–Crippen MR) is 92.7 cm³/mol. The Morgan fingerprint density at radius 2 is 1.88 bits per heavy atom. The van der Waals surface area contributed by atoms with Gasteiger partial charge < -0.3 is 14.8 Å². The normalized spacial score (nSPS) is 10.1. The summed E-state index contributed by atoms with van der Waals surface area (Å²) in [5, 5.41) is 15.1. The molecule has 1 N–H and O–H groups in total. The summed E-state index contributed by atoms with van der Waals surface area (Å²) in [5.74, 6) is -2.12. The fourth-order valence-electron chi connectivity index (χ4n) is 2.03. The molecule has 136 valence electrons. The number of nitrogens with one attached hydrogen (secondary N) is 1. The van der Waals surface area contributed by atoms with Gasteiger partial charge in [-0.25, -0.2) is 9.59 Å². The summed E-state index contributed by atoms with van der Waals surface area (Å²) in [7, 11) is 1.21. The van der Waals surface area contributed by atoms with Gasteiger partial charge in [-0.1, -0.05) is 0 Å². The third-order valence-corrected chi connectivity index (χ3v) is 4.08. The molecule has 0 aliphatic carbocycles. The number of non-ortho nitro benzene ring substituents is 1. The molecule has 0 radical (unpaired) electrons. The highest BCUT2D eigenvalue weighted by atomic mass is 32.1. The van der Waals surface area contributed by atoms with Gasteiger partial charge in [0.2, 0.25) is 0 Å². The van der Waals surface area contributed by atoms with Crippen LogP contribution >= 0.6 is 11.3 Å². The van der Waals surface area contributed by atoms with Crippen LogP contribution < -0.4 is 5.32 Å². The van der Waals surface area contributed by atoms with Crippen molar-refractivity contribution in [2.24, 2.45) is 0 Å². The molecule has 0 bridgehead atoms. The lowest BCUT2D eigenvalue weighted by molar-refractivity contribution is -0.384. The first-order valence-corrected chi connectivity index (χ1v) is 8.19. The number of amides is 1. The Bertz CT molecular complexity index is 875. The van der Waals surface area contributed by atoms with Gasteiger partial charge in [-0.2, -0.15) is 0 Å². The van der Waals surface area contributed by atoms with Crippen molar-refractivity contribution in [3.05, 3.63) is 55.8 Å². The van der Waals surface area contributed by atoms with E-state index in [9.17, 15) is 24.5 Å². The fourth-order valence-corrected chi connectivity index (χ4v) is 2.80. The van der Waals surface area contributed by atoms with E-state index in [0.717, 1.165) is 23.5 Å². The number of rotatable bonds is 6. The summed E-state index contributed by atoms with van der Waals surface area (Å²) >= 11 is 1.07. The minimum absolute atomic E-state index is 0.0838. The fraction of sp³-hybridized carbons (Fsp3) is 0.188. The zero-order valence-electron chi connectivity index (χ0n) is 13.8. The van der Waals surface area contributed by atoms with Crippen molar-refractivity contribution >= 4 is 40.6 Å². The van der Waals surface area contributed by atoms with Crippen LogP contribution in [0.2, 0.25) is 0 Å². The maximum absolute atomic E-state index is 12.4. The second kappa shape index (κ2) is 8.21. The molecule has 0 atom stereocenters. The minimum atomic E-state index is -0.781. The zero-order chi connectivity index (χ0) is 19.3. The SMILES string of the molecule is CCOC(=O)c1cc(C(=O)Nc2ccsc2C(=O)OC)cc([N+](=O)[O-])c1. The molecule has 1 aromatic carbocycles. The first-order chi connectivity index (χ1) is 12.4. The second-order valence-electron chi connectivity index (χ2n) is 4.86. The van der Waals surface area contributed by atoms with Gasteiger partial charge in [-0.3, -0.25) is 14.9 Å². The Balaban J connectivity index is 2.36. The van der Waals surface area contributed by atoms with E-state index in [4.69, 9.17) is 4.74 Å². The Kier molecular flexibility index (Phi) is 6.02. The van der Waals surface area contributed by atoms with Gasteiger partial charge in [-0.15, -0.1) is 11.3 Å². The molecule has 0 saturated heterocycles. The number of carbonyl (C=O) groups excluding carboxylic acids is 3. The number of methoxy groups -OCH3 is 1. The van der Waals surface area contributed by atoms with E-state index in [1.807, 2.05) is 0 Å². The molecule has 1 heterocycles. The van der Waals surface area contributed by atoms with Crippen LogP contribution in [-0.4, -0.2) is 36.5 Å². The van der Waals surface area contributed by atoms with Crippen molar-refractivity contribution in [2.45, 2.75) is 6.92 Å². The number of hydrogen-bond acceptors (Lipinski definition) is 8. The average Bonchev–Trinajstić information content (AvgIpc) is 3.08. The van der Waals surface area contributed by atoms with Crippen molar-refractivity contribution in [1.29, 1.82) is 0 Å². The monoisotopic (exact) mass is 378 g/mol. The topological polar surface area (TPSA) is 125 Å². The van der Waals surface area contributed by atoms with Gasteiger partial charge in [0.05, 0.1) is 29.9 Å². The molecule has 26 heavy (non-hydrogen) atoms. The van der Waals surface area contributed by atoms with Crippen molar-refractivity contribution in [3.63, 3.8) is 0 Å². The van der Waals surface area contributed by atoms with Crippen LogP contribution in [0.1, 0.15) is 37.3 Å². The lowest BCUT2D eigenvalue weighted by Crippen LogP contribution is -2.15. The zero-order valence-corrected chi connectivity index (χ0v) is 14.6. The molecule has 0 fully saturated rings. The van der Waals surface area contributed by atoms with E-state index >= 15 is 0 Å². The highest BCUT2D eigenvalue weighted by Gasteiger charge is 2.21. The van der Waals surface area contributed by atoms with Crippen molar-refractivity contribution < 1.29 is 28.8 Å². The molecule has 0 unspecified atom stereocenters. The number of anilines is 1. The summed E-state index contributed by atoms with van der Waals surface area (Å²) in [6, 6.07) is 4.74. The molecule has 0 aliphatic heterocycles. The first kappa shape index (κ1) is 19.1. The maximum atomic E-state index is 12.4. The Labute approximate surface area is 151 Å². The highest BCUT2D eigenvalue weighted by molar-refractivity contribution is 7.12. The van der Waals surface area contributed by atoms with E-state index in [-0.39, 0.29) is 28.3 Å². The smallest absolute Gasteiger partial charge is 0.350 e. The molecular formula is C16H14N2O7S. The van der Waals surface area contributed by atoms with Crippen LogP contribution in [0.5, 0.6) is 0 Å². The number of esters is 2. The predicted octanol–water partition coefficient (Wildman–Crippen LogP) is 2.87. The van der Waals surface area contributed by atoms with Gasteiger partial charge in [0.25, 0.3) is 11.6 Å². The number of thiophene rings is 1. The Morgan fingerprint density at radius 1 is 1.19 bits per heavy atom. The van der Waals surface area contributed by atoms with Gasteiger partial charge in [-0.05, 0) is 24.4 Å². The van der Waals surface area contributed by atoms with Gasteiger partial charge in [0.1, 0.15) is 4.88 Å². The lowest BCUT2D eigenvalue weighted by Gasteiger charge is -2.08. The number of benzene rings is 1. The molecule has 2 rings (SSSR count). The largest absolute Gasteiger partial charge is 0.465 e. The van der Waals surface area contributed by atoms with E-state index < -0.39 is 28.5 Å². The third-order valence-electron chi connectivity index (χ3n) is 3.19. The molecule has 10 heteroatoms. The second-order valence-corrected chi connectivity index (χ2v) is 5.77. The van der Waals surface area contributed by atoms with E-state index in [1.54, 1.807) is 12.3 Å². The van der Waals surface area contributed by atoms with Gasteiger partial charge in [0.15, 0.2) is 0 Å². The summed E-state index contributed by atoms with van der Waals surface area (Å²) < 4.78 is 9.44. The molecular weight excluding hydrogens is 364 g/mol. The van der Waals surface area contributed by atoms with E-state index in [1.165, 1.54) is 19.2 Å². The van der Waals surface area contributed by atoms with E-state index in [0.29, 0.717) is 0 Å². The molecule has 0 saturated carbocycles. The molecule has 0 spiro atoms. The Hall–Kier alpha value is -3.27. The van der Waals surface area contributed by atoms with Crippen molar-refractivity contribution in [2.75, 3.05) is 19.0 Å². The first-order valence-electron chi connectivity index (χ1n) is 7.31. The van der Waals surface area contributed by atoms with Crippen molar-refractivity contribution in [1.82, 2.24) is 0 Å². The van der Waals surface area contributed by atoms with Crippen LogP contribution in [0.3, 0.4) is 0 Å². The van der Waals surface area contributed by atoms with Gasteiger partial charge >= 0.3 is 11.9 Å². The molecule has 9 nitrogen and oxygen atoms in total. The number of nitrogens with zero attached hydrogens (tertiary/aromatic N) is 1. The lowest BCUT2D eigenvalue weighted by atomic mass is 10.1. The molecule has 1 aromatic heterocycles. The quantitative estimate of drug-likeness (QED) is 0.465. The number of ether oxygens (including phenoxy) is 2. The number of hydrogen-bond donors (Lipinski definition) is 1. The standard InChI is InChI=1S/C16H14N2O7S/c1-3-25-15(20)10-6-9(7-11(8-10)18(22)23)14(19)17-12-4-5-26-13(12)16(21)24-2/h4-8H,3H2,1-2H3,(H,17,19). The summed E-state index contributed by atoms with van der Waals surface area (Å²) in [6.45, 7) is 1.67. The Morgan fingerprint density at radius 3 is 2.50 bits per heavy atom. The average molecular weight is 378 g/mol. The molecule has 2 aromatic rings. The maximum Gasteiger partial charge on any atom is 0.350 e. The van der Waals surface area contributed by atoms with Crippen LogP contribution in [-0.2, 0) is 9.47 Å². The summed E-state index contributed by atoms with van der Waals surface area (Å²) in [4.78, 5) is 46.5. The third kappa shape index (κ3) is 4.22. The van der Waals surface area contributed by atoms with Crippen molar-refractivity contribution in [3.8, 4) is 0 Å². The van der Waals surface area contributed by atoms with E-state index in [2.05, 4.69) is 10.1 Å². The minimum Gasteiger partial charge on any atom is -0.465 e. The van der Waals surface area contributed by atoms with Crippen LogP contribution in [0.25, 0.3) is 0 Å². The highest BCUT2D eigenvalue weighted by Crippen LogP contribution is 2.25. The van der Waals surface area contributed by atoms with Crippen LogP contribution in [0.15, 0.2) is 29.6 Å². The molecule has 1 amide bonds. The van der Waals surface area contributed by atoms with Gasteiger partial charge in [0, 0.05) is 17.7 Å².